The highest BCUT2D eigenvalue weighted by atomic mass is 32.1. The maximum Gasteiger partial charge on any atom is 0.264 e. The Hall–Kier alpha value is -7.60. The fourth-order valence-electron chi connectivity index (χ4n) is 24.7. The predicted molar refractivity (Wildman–Crippen MR) is 433 cm³/mol. The summed E-state index contributed by atoms with van der Waals surface area (Å²) in [5, 5.41) is 1.40. The van der Waals surface area contributed by atoms with Crippen LogP contribution in [0.4, 0.5) is 51.2 Å². The molecular formula is C97H102BN3S. The van der Waals surface area contributed by atoms with Gasteiger partial charge in [0.1, 0.15) is 0 Å². The highest BCUT2D eigenvalue weighted by molar-refractivity contribution is 7.33. The van der Waals surface area contributed by atoms with Gasteiger partial charge >= 0.3 is 0 Å². The largest absolute Gasteiger partial charge is 0.311 e. The molecule has 3 heterocycles. The van der Waals surface area contributed by atoms with Gasteiger partial charge in [0.15, 0.2) is 0 Å². The molecule has 0 atom stereocenters. The normalized spacial score (nSPS) is 26.1. The molecule has 8 saturated carbocycles. The van der Waals surface area contributed by atoms with Crippen molar-refractivity contribution in [3.8, 4) is 22.3 Å². The summed E-state index contributed by atoms with van der Waals surface area (Å²) >= 11 is 2.09. The Kier molecular flexibility index (Phi) is 14.2. The molecule has 0 radical (unpaired) electrons. The zero-order chi connectivity index (χ0) is 68.3. The maximum atomic E-state index is 2.81. The fraction of sp³-hybridized carbons (Fsp3) is 0.423. The lowest BCUT2D eigenvalue weighted by molar-refractivity contribution is -0.00518. The van der Waals surface area contributed by atoms with Crippen molar-refractivity contribution in [1.82, 2.24) is 0 Å². The van der Waals surface area contributed by atoms with Gasteiger partial charge in [0.2, 0.25) is 0 Å². The van der Waals surface area contributed by atoms with Crippen LogP contribution in [0.1, 0.15) is 246 Å². The van der Waals surface area contributed by atoms with E-state index in [9.17, 15) is 0 Å². The summed E-state index contributed by atoms with van der Waals surface area (Å²) < 4.78 is 2.86. The van der Waals surface area contributed by atoms with Gasteiger partial charge in [-0.2, -0.15) is 0 Å². The Morgan fingerprint density at radius 2 is 0.990 bits per heavy atom. The molecule has 1 spiro atoms. The number of hydrogen-bond donors (Lipinski definition) is 0. The first-order chi connectivity index (χ1) is 49.5. The quantitative estimate of drug-likeness (QED) is 0.133. The van der Waals surface area contributed by atoms with E-state index in [2.05, 4.69) is 256 Å². The Morgan fingerprint density at radius 3 is 1.58 bits per heavy atom. The van der Waals surface area contributed by atoms with Gasteiger partial charge in [-0.15, -0.1) is 11.3 Å². The van der Waals surface area contributed by atoms with Crippen LogP contribution in [0.25, 0.3) is 32.3 Å². The number of hydrogen-bond acceptors (Lipinski definition) is 4. The first-order valence-electron chi connectivity index (χ1n) is 40.5. The summed E-state index contributed by atoms with van der Waals surface area (Å²) in [6.45, 7) is 17.4. The van der Waals surface area contributed by atoms with Crippen LogP contribution in [0.2, 0.25) is 0 Å². The van der Waals surface area contributed by atoms with Crippen molar-refractivity contribution in [3.63, 3.8) is 0 Å². The van der Waals surface area contributed by atoms with E-state index in [4.69, 9.17) is 0 Å². The van der Waals surface area contributed by atoms with E-state index < -0.39 is 0 Å². The SMILES string of the molecule is CC(C)(C)c1cc2c3c(c1)N(c1ccc(-c4ccc(C56CC7CC(CC(C7)C5)C6)cc4)cc1)c1c(sc4cc5c(cc14)C(C)(C)CCC5(C)C)B3c1ccc(N(c3ccc(C4CCCCC4)cc3)c3ccc(C4CCCCC4)cc3)cc1N2c1ccc2c(c1)C1(c3ccccc3-2)C2CCC1CC2. The summed E-state index contributed by atoms with van der Waals surface area (Å²) in [5.74, 6) is 5.40. The molecule has 10 aromatic rings. The van der Waals surface area contributed by atoms with E-state index in [1.54, 1.807) is 16.7 Å². The van der Waals surface area contributed by atoms with Crippen molar-refractivity contribution < 1.29 is 0 Å². The second kappa shape index (κ2) is 23.0. The average molecular weight is 1350 g/mol. The molecule has 9 aromatic carbocycles. The minimum Gasteiger partial charge on any atom is -0.311 e. The van der Waals surface area contributed by atoms with E-state index in [0.717, 1.165) is 17.8 Å². The summed E-state index contributed by atoms with van der Waals surface area (Å²) in [5.41, 5.74) is 32.4. The van der Waals surface area contributed by atoms with Crippen molar-refractivity contribution >= 4 is 95.0 Å². The molecule has 22 rings (SSSR count). The van der Waals surface area contributed by atoms with E-state index in [1.807, 2.05) is 0 Å². The summed E-state index contributed by atoms with van der Waals surface area (Å²) in [6.07, 6.45) is 29.6. The predicted octanol–water partition coefficient (Wildman–Crippen LogP) is 25.4. The van der Waals surface area contributed by atoms with Crippen LogP contribution in [-0.4, -0.2) is 6.71 Å². The number of fused-ring (bicyclic) bond motifs is 10. The first-order valence-corrected chi connectivity index (χ1v) is 41.4. The van der Waals surface area contributed by atoms with Gasteiger partial charge in [-0.1, -0.05) is 184 Å². The standard InChI is InChI=1S/C97H102BN3S/c1-93(2,3)72-51-87-90-88(52-72)101(75-40-28-68(29-41-75)65-22-30-69(31-23-65)96-57-60-48-61(58-96)50-62(49-60)59-96)91-80-55-83-84(95(6,7)47-46-94(83,4)5)56-89(80)102-92(91)98(90)85-45-43-77(54-86(85)100(87)76-42-44-79-78-20-14-15-21-81(78)97(82(79)53-76)70-32-33-71(97)35-34-70)99(73-36-24-66(25-37-73)63-16-10-8-11-17-63)74-38-26-67(27-39-74)64-18-12-9-13-19-64/h14-15,20-31,36-45,51-56,60-64,70-71H,8-13,16-19,32-35,46-50,57-59H2,1-7H3. The van der Waals surface area contributed by atoms with E-state index in [1.165, 1.54) is 268 Å². The lowest BCUT2D eigenvalue weighted by atomic mass is 9.36. The Labute approximate surface area is 612 Å². The summed E-state index contributed by atoms with van der Waals surface area (Å²) in [6, 6.07) is 75.7. The number of thiophene rings is 1. The monoisotopic (exact) mass is 1350 g/mol. The smallest absolute Gasteiger partial charge is 0.264 e. The Bertz CT molecular complexity index is 4890. The van der Waals surface area contributed by atoms with Crippen molar-refractivity contribution in [1.29, 1.82) is 0 Å². The topological polar surface area (TPSA) is 9.72 Å². The molecule has 3 nitrogen and oxygen atoms in total. The molecular weight excluding hydrogens is 1250 g/mol. The molecule has 102 heavy (non-hydrogen) atoms. The van der Waals surface area contributed by atoms with Gasteiger partial charge in [-0.05, 0) is 328 Å². The molecule has 8 fully saturated rings. The highest BCUT2D eigenvalue weighted by Gasteiger charge is 2.60. The first kappa shape index (κ1) is 62.9. The minimum atomic E-state index is -0.171. The Balaban J connectivity index is 0.788. The second-order valence-corrected chi connectivity index (χ2v) is 38.3. The molecule has 0 saturated heterocycles. The average Bonchev–Trinajstić information content (AvgIpc) is 1.44. The third-order valence-electron chi connectivity index (χ3n) is 29.6. The molecule has 514 valence electrons. The lowest BCUT2D eigenvalue weighted by Crippen LogP contribution is -2.60. The molecule has 12 aliphatic rings. The number of rotatable bonds is 9. The van der Waals surface area contributed by atoms with E-state index in [-0.39, 0.29) is 28.4 Å². The summed E-state index contributed by atoms with van der Waals surface area (Å²) in [7, 11) is 0. The number of nitrogens with zero attached hydrogens (tertiary/aromatic N) is 3. The van der Waals surface area contributed by atoms with Crippen LogP contribution in [0, 0.1) is 29.6 Å². The van der Waals surface area contributed by atoms with Crippen LogP contribution >= 0.6 is 11.3 Å². The van der Waals surface area contributed by atoms with Crippen LogP contribution in [-0.2, 0) is 27.1 Å². The van der Waals surface area contributed by atoms with Gasteiger partial charge in [0.25, 0.3) is 6.71 Å². The molecule has 0 N–H and O–H groups in total. The zero-order valence-corrected chi connectivity index (χ0v) is 62.6. The molecule has 1 aromatic heterocycles. The lowest BCUT2D eigenvalue weighted by Gasteiger charge is -2.57. The fourth-order valence-corrected chi connectivity index (χ4v) is 26.1. The third kappa shape index (κ3) is 9.48. The molecule has 0 unspecified atom stereocenters. The number of benzene rings is 9. The third-order valence-corrected chi connectivity index (χ3v) is 30.8. The number of anilines is 9. The van der Waals surface area contributed by atoms with Gasteiger partial charge < -0.3 is 14.7 Å². The summed E-state index contributed by atoms with van der Waals surface area (Å²) in [4.78, 5) is 8.21. The van der Waals surface area contributed by atoms with Crippen molar-refractivity contribution in [2.75, 3.05) is 14.7 Å². The zero-order valence-electron chi connectivity index (χ0n) is 61.7. The van der Waals surface area contributed by atoms with Gasteiger partial charge in [0, 0.05) is 65.8 Å². The Morgan fingerprint density at radius 1 is 0.461 bits per heavy atom. The van der Waals surface area contributed by atoms with Crippen molar-refractivity contribution in [2.24, 2.45) is 29.6 Å². The van der Waals surface area contributed by atoms with Gasteiger partial charge in [-0.3, -0.25) is 0 Å². The van der Waals surface area contributed by atoms with Crippen molar-refractivity contribution in [2.45, 2.75) is 229 Å². The molecule has 6 bridgehead atoms. The van der Waals surface area contributed by atoms with E-state index >= 15 is 0 Å². The minimum absolute atomic E-state index is 0.0218. The van der Waals surface area contributed by atoms with Crippen LogP contribution in [0.15, 0.2) is 182 Å². The van der Waals surface area contributed by atoms with Gasteiger partial charge in [-0.25, -0.2) is 0 Å². The van der Waals surface area contributed by atoms with Crippen LogP contribution in [0.3, 0.4) is 0 Å². The molecule has 10 aliphatic carbocycles. The maximum absolute atomic E-state index is 2.81. The van der Waals surface area contributed by atoms with Crippen LogP contribution in [0.5, 0.6) is 0 Å². The van der Waals surface area contributed by atoms with Crippen molar-refractivity contribution in [3.05, 3.63) is 226 Å². The van der Waals surface area contributed by atoms with Crippen LogP contribution < -0.4 is 30.4 Å². The molecule has 5 heteroatoms. The molecule has 0 amide bonds. The second-order valence-electron chi connectivity index (χ2n) is 37.2. The molecule has 2 aliphatic heterocycles. The highest BCUT2D eigenvalue weighted by Crippen LogP contribution is 2.69. The van der Waals surface area contributed by atoms with E-state index in [0.29, 0.717) is 29.1 Å². The van der Waals surface area contributed by atoms with Gasteiger partial charge in [0.05, 0.1) is 5.69 Å².